The molecule has 1 atom stereocenters. The molecule has 156 valence electrons. The lowest BCUT2D eigenvalue weighted by atomic mass is 9.99. The van der Waals surface area contributed by atoms with Crippen LogP contribution in [0.3, 0.4) is 0 Å². The van der Waals surface area contributed by atoms with Gasteiger partial charge in [0.1, 0.15) is 0 Å². The van der Waals surface area contributed by atoms with Gasteiger partial charge in [-0.2, -0.15) is 13.2 Å². The SMILES string of the molecule is C=C/C(CC(CN)NC(=O)c1ccc(C2=CNCN2C)cc1)=C(\C=C)C(F)(F)F. The zero-order chi connectivity index (χ0) is 21.6. The van der Waals surface area contributed by atoms with Gasteiger partial charge < -0.3 is 21.3 Å². The van der Waals surface area contributed by atoms with E-state index < -0.39 is 23.7 Å². The second kappa shape index (κ2) is 9.47. The van der Waals surface area contributed by atoms with Crippen LogP contribution in [0, 0.1) is 0 Å². The first-order valence-electron chi connectivity index (χ1n) is 9.02. The van der Waals surface area contributed by atoms with Gasteiger partial charge in [-0.25, -0.2) is 0 Å². The average Bonchev–Trinajstić information content (AvgIpc) is 3.11. The number of allylic oxidation sites excluding steroid dienone is 3. The number of nitrogens with one attached hydrogen (secondary N) is 2. The van der Waals surface area contributed by atoms with Crippen LogP contribution in [-0.4, -0.2) is 43.3 Å². The van der Waals surface area contributed by atoms with E-state index in [-0.39, 0.29) is 18.5 Å². The van der Waals surface area contributed by atoms with Crippen molar-refractivity contribution >= 4 is 11.6 Å². The number of carbonyl (C=O) groups is 1. The summed E-state index contributed by atoms with van der Waals surface area (Å²) >= 11 is 0. The van der Waals surface area contributed by atoms with Crippen LogP contribution in [0.1, 0.15) is 22.3 Å². The Labute approximate surface area is 168 Å². The summed E-state index contributed by atoms with van der Waals surface area (Å²) in [6.07, 6.45) is -0.904. The Morgan fingerprint density at radius 2 is 1.97 bits per heavy atom. The second-order valence-electron chi connectivity index (χ2n) is 6.62. The van der Waals surface area contributed by atoms with E-state index in [1.165, 1.54) is 0 Å². The number of hydrogen-bond donors (Lipinski definition) is 3. The molecular weight excluding hydrogens is 381 g/mol. The second-order valence-corrected chi connectivity index (χ2v) is 6.62. The molecule has 0 saturated heterocycles. The summed E-state index contributed by atoms with van der Waals surface area (Å²) in [5.41, 5.74) is 7.07. The molecule has 1 aliphatic heterocycles. The average molecular weight is 406 g/mol. The molecule has 0 aromatic heterocycles. The molecule has 1 amide bonds. The number of hydrogen-bond acceptors (Lipinski definition) is 4. The molecule has 1 aromatic carbocycles. The number of alkyl halides is 3. The predicted molar refractivity (Wildman–Crippen MR) is 109 cm³/mol. The normalized spacial score (nSPS) is 15.8. The highest BCUT2D eigenvalue weighted by Crippen LogP contribution is 2.31. The number of nitrogens with two attached hydrogens (primary N) is 1. The molecule has 1 aliphatic rings. The highest BCUT2D eigenvalue weighted by Gasteiger charge is 2.34. The fourth-order valence-electron chi connectivity index (χ4n) is 3.03. The summed E-state index contributed by atoms with van der Waals surface area (Å²) in [7, 11) is 1.95. The topological polar surface area (TPSA) is 70.4 Å². The Kier molecular flexibility index (Phi) is 7.28. The van der Waals surface area contributed by atoms with E-state index >= 15 is 0 Å². The molecule has 0 aliphatic carbocycles. The number of amides is 1. The Morgan fingerprint density at radius 1 is 1.31 bits per heavy atom. The van der Waals surface area contributed by atoms with Gasteiger partial charge in [0.15, 0.2) is 0 Å². The quantitative estimate of drug-likeness (QED) is 0.580. The highest BCUT2D eigenvalue weighted by atomic mass is 19.4. The summed E-state index contributed by atoms with van der Waals surface area (Å²) in [4.78, 5) is 14.6. The lowest BCUT2D eigenvalue weighted by molar-refractivity contribution is -0.0889. The summed E-state index contributed by atoms with van der Waals surface area (Å²) in [5, 5.41) is 5.80. The molecule has 0 radical (unpaired) electrons. The van der Waals surface area contributed by atoms with Gasteiger partial charge in [0.25, 0.3) is 5.91 Å². The summed E-state index contributed by atoms with van der Waals surface area (Å²) in [5.74, 6) is -0.408. The molecule has 1 aromatic rings. The molecule has 0 saturated carbocycles. The van der Waals surface area contributed by atoms with Crippen molar-refractivity contribution in [2.75, 3.05) is 20.3 Å². The van der Waals surface area contributed by atoms with E-state index in [0.29, 0.717) is 12.2 Å². The zero-order valence-corrected chi connectivity index (χ0v) is 16.2. The fraction of sp³-hybridized carbons (Fsp3) is 0.286. The van der Waals surface area contributed by atoms with Crippen molar-refractivity contribution in [1.82, 2.24) is 15.5 Å². The van der Waals surface area contributed by atoms with Gasteiger partial charge in [0.05, 0.1) is 17.9 Å². The van der Waals surface area contributed by atoms with Crippen molar-refractivity contribution in [3.8, 4) is 0 Å². The van der Waals surface area contributed by atoms with E-state index in [1.54, 1.807) is 12.1 Å². The molecule has 2 rings (SSSR count). The lowest BCUT2D eigenvalue weighted by Gasteiger charge is -2.20. The highest BCUT2D eigenvalue weighted by molar-refractivity contribution is 5.94. The number of benzene rings is 1. The summed E-state index contributed by atoms with van der Waals surface area (Å²) in [6, 6.07) is 6.29. The van der Waals surface area contributed by atoms with Crippen LogP contribution in [0.4, 0.5) is 13.2 Å². The Morgan fingerprint density at radius 3 is 2.41 bits per heavy atom. The molecule has 8 heteroatoms. The zero-order valence-electron chi connectivity index (χ0n) is 16.2. The minimum Gasteiger partial charge on any atom is -0.372 e. The standard InChI is InChI=1S/C21H25F3N4O/c1-4-14(18(5-2)21(22,23)24)10-17(11-25)27-20(29)16-8-6-15(7-9-16)19-12-26-13-28(19)3/h4-9,12,17,26H,1-2,10-11,13,25H2,3H3,(H,27,29)/b18-14-. The number of carbonyl (C=O) groups excluding carboxylic acids is 1. The van der Waals surface area contributed by atoms with Crippen LogP contribution in [0.15, 0.2) is 66.9 Å². The Bertz CT molecular complexity index is 825. The predicted octanol–water partition coefficient (Wildman–Crippen LogP) is 3.16. The van der Waals surface area contributed by atoms with Crippen molar-refractivity contribution in [1.29, 1.82) is 0 Å². The van der Waals surface area contributed by atoms with Gasteiger partial charge in [-0.1, -0.05) is 37.4 Å². The van der Waals surface area contributed by atoms with Crippen molar-refractivity contribution in [3.05, 3.63) is 78.0 Å². The van der Waals surface area contributed by atoms with Crippen LogP contribution in [-0.2, 0) is 0 Å². The summed E-state index contributed by atoms with van der Waals surface area (Å²) < 4.78 is 39.4. The molecule has 0 fully saturated rings. The molecule has 4 N–H and O–H groups in total. The third kappa shape index (κ3) is 5.51. The lowest BCUT2D eigenvalue weighted by Crippen LogP contribution is -2.40. The van der Waals surface area contributed by atoms with Crippen LogP contribution in [0.25, 0.3) is 5.70 Å². The maximum atomic E-state index is 13.1. The first-order chi connectivity index (χ1) is 13.7. The molecular formula is C21H25F3N4O. The molecule has 1 unspecified atom stereocenters. The minimum absolute atomic E-state index is 0.0210. The Hall–Kier alpha value is -3.00. The Balaban J connectivity index is 2.12. The van der Waals surface area contributed by atoms with Gasteiger partial charge in [-0.15, -0.1) is 0 Å². The van der Waals surface area contributed by atoms with E-state index in [1.807, 2.05) is 30.3 Å². The molecule has 29 heavy (non-hydrogen) atoms. The van der Waals surface area contributed by atoms with Gasteiger partial charge in [-0.3, -0.25) is 4.79 Å². The van der Waals surface area contributed by atoms with E-state index in [2.05, 4.69) is 23.8 Å². The monoisotopic (exact) mass is 406 g/mol. The molecule has 1 heterocycles. The first-order valence-corrected chi connectivity index (χ1v) is 9.02. The first kappa shape index (κ1) is 22.3. The maximum absolute atomic E-state index is 13.1. The molecule has 5 nitrogen and oxygen atoms in total. The van der Waals surface area contributed by atoms with Crippen LogP contribution in [0.2, 0.25) is 0 Å². The van der Waals surface area contributed by atoms with Crippen molar-refractivity contribution < 1.29 is 18.0 Å². The van der Waals surface area contributed by atoms with Crippen LogP contribution in [0.5, 0.6) is 0 Å². The van der Waals surface area contributed by atoms with Gasteiger partial charge in [0.2, 0.25) is 0 Å². The number of rotatable bonds is 8. The maximum Gasteiger partial charge on any atom is 0.416 e. The molecule has 0 spiro atoms. The smallest absolute Gasteiger partial charge is 0.372 e. The number of nitrogens with zero attached hydrogens (tertiary/aromatic N) is 1. The molecule has 0 bridgehead atoms. The van der Waals surface area contributed by atoms with Gasteiger partial charge in [-0.05, 0) is 29.7 Å². The van der Waals surface area contributed by atoms with Gasteiger partial charge in [0, 0.05) is 31.4 Å². The van der Waals surface area contributed by atoms with E-state index in [4.69, 9.17) is 5.73 Å². The fourth-order valence-corrected chi connectivity index (χ4v) is 3.03. The van der Waals surface area contributed by atoms with Crippen molar-refractivity contribution in [3.63, 3.8) is 0 Å². The van der Waals surface area contributed by atoms with Gasteiger partial charge >= 0.3 is 6.18 Å². The third-order valence-electron chi connectivity index (χ3n) is 4.61. The third-order valence-corrected chi connectivity index (χ3v) is 4.61. The van der Waals surface area contributed by atoms with Crippen LogP contribution < -0.4 is 16.4 Å². The largest absolute Gasteiger partial charge is 0.416 e. The van der Waals surface area contributed by atoms with E-state index in [0.717, 1.165) is 23.4 Å². The summed E-state index contributed by atoms with van der Waals surface area (Å²) in [6.45, 7) is 7.36. The van der Waals surface area contributed by atoms with Crippen LogP contribution >= 0.6 is 0 Å². The number of halogens is 3. The van der Waals surface area contributed by atoms with Crippen molar-refractivity contribution in [2.45, 2.75) is 18.6 Å². The van der Waals surface area contributed by atoms with Crippen molar-refractivity contribution in [2.24, 2.45) is 5.73 Å². The van der Waals surface area contributed by atoms with E-state index in [9.17, 15) is 18.0 Å². The minimum atomic E-state index is -4.55.